The van der Waals surface area contributed by atoms with Gasteiger partial charge in [-0.2, -0.15) is 0 Å². The van der Waals surface area contributed by atoms with Crippen molar-refractivity contribution in [3.05, 3.63) is 68.2 Å². The standard InChI is InChI=1S/C16H13NO3/c1-9-3-5-11-12-6-4-10(2)8-14(12)16(19)17(20)15(18)13(11)7-9/h3-8,20H,1-2H3. The zero-order chi connectivity index (χ0) is 14.4. The third kappa shape index (κ3) is 1.69. The Bertz CT molecular complexity index is 892. The van der Waals surface area contributed by atoms with Gasteiger partial charge in [-0.15, -0.1) is 4.73 Å². The summed E-state index contributed by atoms with van der Waals surface area (Å²) < 4.78 is 0.198. The van der Waals surface area contributed by atoms with E-state index in [4.69, 9.17) is 0 Å². The molecule has 2 aromatic carbocycles. The molecule has 0 aliphatic heterocycles. The molecular weight excluding hydrogens is 254 g/mol. The van der Waals surface area contributed by atoms with Crippen LogP contribution in [-0.4, -0.2) is 9.94 Å². The van der Waals surface area contributed by atoms with Crippen LogP contribution in [0.15, 0.2) is 46.0 Å². The van der Waals surface area contributed by atoms with Gasteiger partial charge in [0.1, 0.15) is 0 Å². The van der Waals surface area contributed by atoms with Crippen molar-refractivity contribution in [3.63, 3.8) is 0 Å². The first-order valence-electron chi connectivity index (χ1n) is 6.28. The molecule has 1 aromatic heterocycles. The molecular formula is C16H13NO3. The van der Waals surface area contributed by atoms with Crippen molar-refractivity contribution in [1.29, 1.82) is 0 Å². The van der Waals surface area contributed by atoms with Gasteiger partial charge in [-0.1, -0.05) is 35.4 Å². The number of aryl methyl sites for hydroxylation is 2. The minimum absolute atomic E-state index is 0.198. The first-order chi connectivity index (χ1) is 9.49. The van der Waals surface area contributed by atoms with Crippen molar-refractivity contribution in [2.45, 2.75) is 13.8 Å². The van der Waals surface area contributed by atoms with E-state index < -0.39 is 11.1 Å². The largest absolute Gasteiger partial charge is 0.422 e. The Morgan fingerprint density at radius 3 is 1.55 bits per heavy atom. The molecule has 0 aliphatic rings. The highest BCUT2D eigenvalue weighted by Crippen LogP contribution is 2.21. The molecule has 1 heterocycles. The van der Waals surface area contributed by atoms with Crippen molar-refractivity contribution in [2.75, 3.05) is 0 Å². The quantitative estimate of drug-likeness (QED) is 0.636. The molecule has 0 atom stereocenters. The summed E-state index contributed by atoms with van der Waals surface area (Å²) >= 11 is 0. The predicted molar refractivity (Wildman–Crippen MR) is 78.6 cm³/mol. The van der Waals surface area contributed by atoms with Crippen LogP contribution >= 0.6 is 0 Å². The van der Waals surface area contributed by atoms with Crippen LogP contribution < -0.4 is 11.1 Å². The van der Waals surface area contributed by atoms with E-state index in [0.29, 0.717) is 21.5 Å². The maximum Gasteiger partial charge on any atom is 0.294 e. The van der Waals surface area contributed by atoms with Gasteiger partial charge >= 0.3 is 0 Å². The lowest BCUT2D eigenvalue weighted by Gasteiger charge is -1.99. The Morgan fingerprint density at radius 1 is 0.750 bits per heavy atom. The van der Waals surface area contributed by atoms with Crippen molar-refractivity contribution >= 4 is 21.5 Å². The molecule has 0 saturated heterocycles. The average Bonchev–Trinajstić information content (AvgIpc) is 2.51. The van der Waals surface area contributed by atoms with E-state index in [1.165, 1.54) is 0 Å². The summed E-state index contributed by atoms with van der Waals surface area (Å²) in [5, 5.41) is 11.8. The summed E-state index contributed by atoms with van der Waals surface area (Å²) in [4.78, 5) is 24.4. The highest BCUT2D eigenvalue weighted by atomic mass is 16.5. The lowest BCUT2D eigenvalue weighted by Crippen LogP contribution is -2.27. The molecule has 3 rings (SSSR count). The van der Waals surface area contributed by atoms with Crippen molar-refractivity contribution in [3.8, 4) is 0 Å². The maximum absolute atomic E-state index is 12.2. The predicted octanol–water partition coefficient (Wildman–Crippen LogP) is 2.37. The molecule has 0 saturated carbocycles. The number of hydrogen-bond donors (Lipinski definition) is 1. The molecule has 4 nitrogen and oxygen atoms in total. The fraction of sp³-hybridized carbons (Fsp3) is 0.125. The molecule has 0 amide bonds. The summed E-state index contributed by atoms with van der Waals surface area (Å²) in [6.45, 7) is 3.72. The van der Waals surface area contributed by atoms with E-state index in [2.05, 4.69) is 0 Å². The number of benzene rings is 2. The maximum atomic E-state index is 12.2. The molecule has 0 bridgehead atoms. The number of aromatic nitrogens is 1. The second kappa shape index (κ2) is 4.20. The Hall–Kier alpha value is -2.62. The first-order valence-corrected chi connectivity index (χ1v) is 6.28. The topological polar surface area (TPSA) is 59.3 Å². The Kier molecular flexibility index (Phi) is 2.61. The zero-order valence-electron chi connectivity index (χ0n) is 11.2. The van der Waals surface area contributed by atoms with Gasteiger partial charge in [0.25, 0.3) is 11.1 Å². The summed E-state index contributed by atoms with van der Waals surface area (Å²) in [5.74, 6) is 0. The molecule has 0 radical (unpaired) electrons. The van der Waals surface area contributed by atoms with Gasteiger partial charge in [0.05, 0.1) is 10.8 Å². The van der Waals surface area contributed by atoms with E-state index in [9.17, 15) is 14.8 Å². The molecule has 0 fully saturated rings. The van der Waals surface area contributed by atoms with Crippen LogP contribution in [0.4, 0.5) is 0 Å². The smallest absolute Gasteiger partial charge is 0.294 e. The molecule has 1 N–H and O–H groups in total. The zero-order valence-corrected chi connectivity index (χ0v) is 11.2. The van der Waals surface area contributed by atoms with Crippen LogP contribution in [0.25, 0.3) is 21.5 Å². The van der Waals surface area contributed by atoms with Crippen LogP contribution in [0.5, 0.6) is 0 Å². The molecule has 20 heavy (non-hydrogen) atoms. The average molecular weight is 267 g/mol. The van der Waals surface area contributed by atoms with Gasteiger partial charge in [-0.05, 0) is 36.8 Å². The van der Waals surface area contributed by atoms with Gasteiger partial charge in [-0.3, -0.25) is 9.59 Å². The van der Waals surface area contributed by atoms with E-state index in [1.54, 1.807) is 12.1 Å². The van der Waals surface area contributed by atoms with E-state index in [1.807, 2.05) is 38.1 Å². The fourth-order valence-electron chi connectivity index (χ4n) is 2.46. The molecule has 100 valence electrons. The van der Waals surface area contributed by atoms with E-state index >= 15 is 0 Å². The lowest BCUT2D eigenvalue weighted by molar-refractivity contribution is 0.169. The van der Waals surface area contributed by atoms with Crippen LogP contribution in [0, 0.1) is 13.8 Å². The van der Waals surface area contributed by atoms with Crippen molar-refractivity contribution < 1.29 is 5.21 Å². The van der Waals surface area contributed by atoms with Gasteiger partial charge in [0.2, 0.25) is 0 Å². The second-order valence-electron chi connectivity index (χ2n) is 5.02. The monoisotopic (exact) mass is 267 g/mol. The highest BCUT2D eigenvalue weighted by molar-refractivity contribution is 6.05. The third-order valence-electron chi connectivity index (χ3n) is 3.49. The number of fused-ring (bicyclic) bond motifs is 3. The van der Waals surface area contributed by atoms with Crippen molar-refractivity contribution in [1.82, 2.24) is 4.73 Å². The molecule has 0 spiro atoms. The van der Waals surface area contributed by atoms with Crippen LogP contribution in [-0.2, 0) is 0 Å². The third-order valence-corrected chi connectivity index (χ3v) is 3.49. The summed E-state index contributed by atoms with van der Waals surface area (Å²) in [7, 11) is 0. The highest BCUT2D eigenvalue weighted by Gasteiger charge is 2.10. The van der Waals surface area contributed by atoms with Gasteiger partial charge in [0.15, 0.2) is 0 Å². The van der Waals surface area contributed by atoms with Gasteiger partial charge < -0.3 is 5.21 Å². The summed E-state index contributed by atoms with van der Waals surface area (Å²) in [6.07, 6.45) is 0. The summed E-state index contributed by atoms with van der Waals surface area (Å²) in [5.41, 5.74) is 0.409. The second-order valence-corrected chi connectivity index (χ2v) is 5.02. The Balaban J connectivity index is 2.80. The minimum atomic E-state index is -0.692. The number of nitrogens with zero attached hydrogens (tertiary/aromatic N) is 1. The van der Waals surface area contributed by atoms with Crippen LogP contribution in [0.2, 0.25) is 0 Å². The van der Waals surface area contributed by atoms with E-state index in [-0.39, 0.29) is 4.73 Å². The fourth-order valence-corrected chi connectivity index (χ4v) is 2.46. The molecule has 0 unspecified atom stereocenters. The minimum Gasteiger partial charge on any atom is -0.422 e. The number of hydrogen-bond acceptors (Lipinski definition) is 3. The molecule has 3 aromatic rings. The van der Waals surface area contributed by atoms with Crippen LogP contribution in [0.1, 0.15) is 11.1 Å². The Morgan fingerprint density at radius 2 is 1.15 bits per heavy atom. The first kappa shape index (κ1) is 12.4. The SMILES string of the molecule is Cc1ccc2c(c1)c(=O)n(O)c(=O)c1cc(C)ccc12. The Labute approximate surface area is 114 Å². The van der Waals surface area contributed by atoms with Crippen LogP contribution in [0.3, 0.4) is 0 Å². The van der Waals surface area contributed by atoms with E-state index in [0.717, 1.165) is 11.1 Å². The van der Waals surface area contributed by atoms with Gasteiger partial charge in [-0.25, -0.2) is 0 Å². The van der Waals surface area contributed by atoms with Gasteiger partial charge in [0, 0.05) is 0 Å². The number of rotatable bonds is 0. The molecule has 0 aliphatic carbocycles. The normalized spacial score (nSPS) is 11.1. The van der Waals surface area contributed by atoms with Crippen molar-refractivity contribution in [2.24, 2.45) is 0 Å². The molecule has 4 heteroatoms. The summed E-state index contributed by atoms with van der Waals surface area (Å²) in [6, 6.07) is 10.7. The lowest BCUT2D eigenvalue weighted by atomic mass is 10.0.